The fraction of sp³-hybridized carbons (Fsp3) is 0.529. The van der Waals surface area contributed by atoms with Crippen LogP contribution in [0.4, 0.5) is 5.69 Å². The highest BCUT2D eigenvalue weighted by Gasteiger charge is 2.22. The lowest BCUT2D eigenvalue weighted by Gasteiger charge is -2.34. The number of carbonyl (C=O) groups is 2. The highest BCUT2D eigenvalue weighted by Crippen LogP contribution is 2.14. The van der Waals surface area contributed by atoms with Gasteiger partial charge in [-0.25, -0.2) is 0 Å². The van der Waals surface area contributed by atoms with Crippen molar-refractivity contribution in [1.82, 2.24) is 9.80 Å². The fourth-order valence-corrected chi connectivity index (χ4v) is 2.81. The van der Waals surface area contributed by atoms with Gasteiger partial charge in [-0.1, -0.05) is 13.0 Å². The highest BCUT2D eigenvalue weighted by atomic mass is 16.2. The van der Waals surface area contributed by atoms with E-state index in [0.29, 0.717) is 13.1 Å². The number of anilines is 1. The minimum absolute atomic E-state index is 0.0842. The van der Waals surface area contributed by atoms with E-state index in [4.69, 9.17) is 0 Å². The van der Waals surface area contributed by atoms with E-state index in [9.17, 15) is 9.59 Å². The summed E-state index contributed by atoms with van der Waals surface area (Å²) in [5.74, 6) is -0.328. The molecule has 0 radical (unpaired) electrons. The smallest absolute Gasteiger partial charge is 0.233 e. The summed E-state index contributed by atoms with van der Waals surface area (Å²) in [7, 11) is 0. The van der Waals surface area contributed by atoms with Crippen molar-refractivity contribution in [2.75, 3.05) is 38.0 Å². The highest BCUT2D eigenvalue weighted by molar-refractivity contribution is 6.03. The third-order valence-electron chi connectivity index (χ3n) is 3.99. The number of amides is 2. The van der Waals surface area contributed by atoms with E-state index in [1.807, 2.05) is 32.0 Å². The lowest BCUT2D eigenvalue weighted by Crippen LogP contribution is -2.49. The predicted molar refractivity (Wildman–Crippen MR) is 87.9 cm³/mol. The average molecular weight is 303 g/mol. The maximum Gasteiger partial charge on any atom is 0.233 e. The van der Waals surface area contributed by atoms with Gasteiger partial charge in [0.2, 0.25) is 11.8 Å². The molecule has 1 aliphatic rings. The van der Waals surface area contributed by atoms with Crippen LogP contribution in [0.2, 0.25) is 0 Å². The van der Waals surface area contributed by atoms with Gasteiger partial charge in [-0.15, -0.1) is 0 Å². The summed E-state index contributed by atoms with van der Waals surface area (Å²) in [5, 5.41) is 2.82. The number of nitrogens with zero attached hydrogens (tertiary/aromatic N) is 2. The molecule has 22 heavy (non-hydrogen) atoms. The third kappa shape index (κ3) is 4.56. The van der Waals surface area contributed by atoms with Crippen molar-refractivity contribution in [1.29, 1.82) is 0 Å². The zero-order valence-corrected chi connectivity index (χ0v) is 13.7. The van der Waals surface area contributed by atoms with Crippen molar-refractivity contribution in [3.8, 4) is 0 Å². The summed E-state index contributed by atoms with van der Waals surface area (Å²) >= 11 is 0. The topological polar surface area (TPSA) is 52.7 Å². The fourth-order valence-electron chi connectivity index (χ4n) is 2.81. The molecule has 1 fully saturated rings. The van der Waals surface area contributed by atoms with Crippen molar-refractivity contribution < 1.29 is 9.59 Å². The summed E-state index contributed by atoms with van der Waals surface area (Å²) in [6.45, 7) is 10.3. The Morgan fingerprint density at radius 3 is 2.18 bits per heavy atom. The van der Waals surface area contributed by atoms with E-state index in [1.165, 1.54) is 0 Å². The van der Waals surface area contributed by atoms with E-state index in [2.05, 4.69) is 17.1 Å². The Morgan fingerprint density at radius 1 is 1.05 bits per heavy atom. The second kappa shape index (κ2) is 7.40. The second-order valence-electron chi connectivity index (χ2n) is 5.92. The van der Waals surface area contributed by atoms with E-state index in [0.717, 1.165) is 36.4 Å². The largest absolute Gasteiger partial charge is 0.340 e. The van der Waals surface area contributed by atoms with Gasteiger partial charge in [0.25, 0.3) is 0 Å². The van der Waals surface area contributed by atoms with Crippen LogP contribution in [-0.2, 0) is 9.59 Å². The van der Waals surface area contributed by atoms with E-state index in [1.54, 1.807) is 4.90 Å². The Hall–Kier alpha value is -1.88. The molecule has 1 heterocycles. The molecule has 2 amide bonds. The molecule has 0 unspecified atom stereocenters. The number of nitrogens with one attached hydrogen (secondary N) is 1. The maximum absolute atomic E-state index is 12.2. The molecule has 0 saturated carbocycles. The zero-order chi connectivity index (χ0) is 16.1. The van der Waals surface area contributed by atoms with Crippen LogP contribution in [0, 0.1) is 13.8 Å². The van der Waals surface area contributed by atoms with Gasteiger partial charge in [-0.05, 0) is 43.7 Å². The Bertz CT molecular complexity index is 529. The average Bonchev–Trinajstić information content (AvgIpc) is 2.46. The molecule has 120 valence electrons. The van der Waals surface area contributed by atoms with Gasteiger partial charge in [-0.3, -0.25) is 9.59 Å². The molecule has 1 aromatic carbocycles. The van der Waals surface area contributed by atoms with Crippen molar-refractivity contribution in [2.24, 2.45) is 0 Å². The number of aryl methyl sites for hydroxylation is 2. The van der Waals surface area contributed by atoms with Gasteiger partial charge in [0.05, 0.1) is 0 Å². The molecule has 1 N–H and O–H groups in total. The van der Waals surface area contributed by atoms with Gasteiger partial charge < -0.3 is 15.1 Å². The van der Waals surface area contributed by atoms with Crippen LogP contribution in [0.25, 0.3) is 0 Å². The van der Waals surface area contributed by atoms with Crippen LogP contribution in [0.1, 0.15) is 24.5 Å². The van der Waals surface area contributed by atoms with Crippen LogP contribution in [0.15, 0.2) is 18.2 Å². The number of hydrogen-bond acceptors (Lipinski definition) is 3. The zero-order valence-electron chi connectivity index (χ0n) is 13.7. The number of rotatable bonds is 4. The van der Waals surface area contributed by atoms with Gasteiger partial charge in [0, 0.05) is 31.9 Å². The van der Waals surface area contributed by atoms with Crippen molar-refractivity contribution in [3.63, 3.8) is 0 Å². The lowest BCUT2D eigenvalue weighted by molar-refractivity contribution is -0.136. The SMILES string of the molecule is CCN1CCN(C(=O)CC(=O)Nc2cc(C)cc(C)c2)CC1. The molecular weight excluding hydrogens is 278 g/mol. The van der Waals surface area contributed by atoms with Gasteiger partial charge in [-0.2, -0.15) is 0 Å². The Labute approximate surface area is 132 Å². The van der Waals surface area contributed by atoms with Crippen LogP contribution in [-0.4, -0.2) is 54.3 Å². The molecule has 2 rings (SSSR count). The summed E-state index contributed by atoms with van der Waals surface area (Å²) in [6, 6.07) is 5.87. The number of carbonyl (C=O) groups excluding carboxylic acids is 2. The first-order chi connectivity index (χ1) is 10.5. The standard InChI is InChI=1S/C17H25N3O2/c1-4-19-5-7-20(8-6-19)17(22)12-16(21)18-15-10-13(2)9-14(3)11-15/h9-11H,4-8,12H2,1-3H3,(H,18,21). The van der Waals surface area contributed by atoms with Gasteiger partial charge in [0.15, 0.2) is 0 Å². The molecule has 0 aliphatic carbocycles. The molecule has 1 saturated heterocycles. The second-order valence-corrected chi connectivity index (χ2v) is 5.92. The molecular formula is C17H25N3O2. The van der Waals surface area contributed by atoms with Crippen molar-refractivity contribution in [3.05, 3.63) is 29.3 Å². The summed E-state index contributed by atoms with van der Waals surface area (Å²) < 4.78 is 0. The summed E-state index contributed by atoms with van der Waals surface area (Å²) in [4.78, 5) is 28.3. The molecule has 5 heteroatoms. The first-order valence-electron chi connectivity index (χ1n) is 7.86. The summed E-state index contributed by atoms with van der Waals surface area (Å²) in [5.41, 5.74) is 2.95. The van der Waals surface area contributed by atoms with Crippen molar-refractivity contribution in [2.45, 2.75) is 27.2 Å². The number of piperazine rings is 1. The molecule has 5 nitrogen and oxygen atoms in total. The quantitative estimate of drug-likeness (QED) is 0.863. The minimum Gasteiger partial charge on any atom is -0.340 e. The van der Waals surface area contributed by atoms with Gasteiger partial charge in [0.1, 0.15) is 6.42 Å². The molecule has 0 spiro atoms. The Kier molecular flexibility index (Phi) is 5.55. The van der Waals surface area contributed by atoms with Gasteiger partial charge >= 0.3 is 0 Å². The number of likely N-dealkylation sites (N-methyl/N-ethyl adjacent to an activating group) is 1. The molecule has 1 aliphatic heterocycles. The minimum atomic E-state index is -0.243. The van der Waals surface area contributed by atoms with E-state index >= 15 is 0 Å². The molecule has 0 atom stereocenters. The molecule has 1 aromatic rings. The molecule has 0 bridgehead atoms. The first kappa shape index (κ1) is 16.5. The third-order valence-corrected chi connectivity index (χ3v) is 3.99. The monoisotopic (exact) mass is 303 g/mol. The van der Waals surface area contributed by atoms with E-state index < -0.39 is 0 Å². The normalized spacial score (nSPS) is 15.7. The van der Waals surface area contributed by atoms with Crippen molar-refractivity contribution >= 4 is 17.5 Å². The first-order valence-corrected chi connectivity index (χ1v) is 7.86. The molecule has 0 aromatic heterocycles. The van der Waals surface area contributed by atoms with Crippen LogP contribution < -0.4 is 5.32 Å². The van der Waals surface area contributed by atoms with Crippen LogP contribution >= 0.6 is 0 Å². The Morgan fingerprint density at radius 2 is 1.64 bits per heavy atom. The van der Waals surface area contributed by atoms with E-state index in [-0.39, 0.29) is 18.2 Å². The van der Waals surface area contributed by atoms with Crippen LogP contribution in [0.5, 0.6) is 0 Å². The number of hydrogen-bond donors (Lipinski definition) is 1. The van der Waals surface area contributed by atoms with Crippen LogP contribution in [0.3, 0.4) is 0 Å². The summed E-state index contributed by atoms with van der Waals surface area (Å²) in [6.07, 6.45) is -0.0842. The Balaban J connectivity index is 1.85. The number of benzene rings is 1. The maximum atomic E-state index is 12.2. The lowest BCUT2D eigenvalue weighted by atomic mass is 10.1. The predicted octanol–water partition coefficient (Wildman–Crippen LogP) is 1.80.